The largest absolute Gasteiger partial charge is 0.359 e. The SMILES string of the molecule is CCCCOC(Br)C=O. The first kappa shape index (κ1) is 9.11. The van der Waals surface area contributed by atoms with E-state index in [-0.39, 0.29) is 0 Å². The molecule has 0 N–H and O–H groups in total. The third-order valence-corrected chi connectivity index (χ3v) is 1.36. The second kappa shape index (κ2) is 6.23. The fourth-order valence-corrected chi connectivity index (χ4v) is 0.566. The minimum atomic E-state index is -0.413. The molecule has 9 heavy (non-hydrogen) atoms. The van der Waals surface area contributed by atoms with E-state index in [0.717, 1.165) is 19.1 Å². The molecule has 0 spiro atoms. The molecule has 0 aromatic heterocycles. The number of hydrogen-bond donors (Lipinski definition) is 0. The Hall–Kier alpha value is 0.110. The highest BCUT2D eigenvalue weighted by molar-refractivity contribution is 9.09. The predicted molar refractivity (Wildman–Crippen MR) is 39.6 cm³/mol. The van der Waals surface area contributed by atoms with Crippen LogP contribution in [0.2, 0.25) is 0 Å². The highest BCUT2D eigenvalue weighted by Crippen LogP contribution is 1.98. The molecule has 0 saturated carbocycles. The van der Waals surface area contributed by atoms with E-state index in [0.29, 0.717) is 6.61 Å². The number of alkyl halides is 1. The van der Waals surface area contributed by atoms with Crippen molar-refractivity contribution in [2.24, 2.45) is 0 Å². The van der Waals surface area contributed by atoms with Gasteiger partial charge in [0.25, 0.3) is 0 Å². The lowest BCUT2D eigenvalue weighted by molar-refractivity contribution is -0.113. The number of ether oxygens (including phenoxy) is 1. The average molecular weight is 195 g/mol. The summed E-state index contributed by atoms with van der Waals surface area (Å²) in [6.07, 6.45) is 2.84. The fourth-order valence-electron chi connectivity index (χ4n) is 0.380. The van der Waals surface area contributed by atoms with Crippen molar-refractivity contribution in [3.05, 3.63) is 0 Å². The van der Waals surface area contributed by atoms with Crippen molar-refractivity contribution in [3.63, 3.8) is 0 Å². The van der Waals surface area contributed by atoms with Gasteiger partial charge in [0.05, 0.1) is 0 Å². The van der Waals surface area contributed by atoms with Crippen LogP contribution in [0.25, 0.3) is 0 Å². The number of aldehydes is 1. The minimum Gasteiger partial charge on any atom is -0.359 e. The van der Waals surface area contributed by atoms with Crippen LogP contribution in [0.4, 0.5) is 0 Å². The van der Waals surface area contributed by atoms with Crippen LogP contribution in [-0.4, -0.2) is 17.9 Å². The summed E-state index contributed by atoms with van der Waals surface area (Å²) in [6.45, 7) is 2.73. The fraction of sp³-hybridized carbons (Fsp3) is 0.833. The second-order valence-electron chi connectivity index (χ2n) is 1.71. The van der Waals surface area contributed by atoms with Gasteiger partial charge in [0, 0.05) is 6.61 Å². The van der Waals surface area contributed by atoms with Crippen molar-refractivity contribution in [2.75, 3.05) is 6.61 Å². The van der Waals surface area contributed by atoms with Crippen LogP contribution >= 0.6 is 15.9 Å². The quantitative estimate of drug-likeness (QED) is 0.379. The zero-order chi connectivity index (χ0) is 7.11. The maximum atomic E-state index is 9.93. The highest BCUT2D eigenvalue weighted by Gasteiger charge is 1.97. The topological polar surface area (TPSA) is 26.3 Å². The Bertz CT molecular complexity index is 75.5. The van der Waals surface area contributed by atoms with Crippen LogP contribution in [0.5, 0.6) is 0 Å². The summed E-state index contributed by atoms with van der Waals surface area (Å²) >= 11 is 3.02. The number of unbranched alkanes of at least 4 members (excludes halogenated alkanes) is 1. The van der Waals surface area contributed by atoms with Crippen molar-refractivity contribution >= 4 is 22.2 Å². The zero-order valence-corrected chi connectivity index (χ0v) is 7.06. The first-order valence-electron chi connectivity index (χ1n) is 3.02. The third kappa shape index (κ3) is 5.99. The molecule has 3 heteroatoms. The molecule has 0 aliphatic heterocycles. The third-order valence-electron chi connectivity index (χ3n) is 0.882. The van der Waals surface area contributed by atoms with Gasteiger partial charge in [-0.1, -0.05) is 13.3 Å². The van der Waals surface area contributed by atoms with Gasteiger partial charge >= 0.3 is 0 Å². The Morgan fingerprint density at radius 3 is 2.89 bits per heavy atom. The summed E-state index contributed by atoms with van der Waals surface area (Å²) in [6, 6.07) is 0. The van der Waals surface area contributed by atoms with Crippen molar-refractivity contribution in [2.45, 2.75) is 24.8 Å². The zero-order valence-electron chi connectivity index (χ0n) is 5.47. The van der Waals surface area contributed by atoms with Crippen LogP contribution in [0.1, 0.15) is 19.8 Å². The van der Waals surface area contributed by atoms with Gasteiger partial charge in [0.15, 0.2) is 11.3 Å². The molecule has 1 atom stereocenters. The van der Waals surface area contributed by atoms with Gasteiger partial charge in [-0.3, -0.25) is 4.79 Å². The van der Waals surface area contributed by atoms with E-state index >= 15 is 0 Å². The molecule has 0 heterocycles. The van der Waals surface area contributed by atoms with E-state index in [1.807, 2.05) is 0 Å². The molecule has 0 bridgehead atoms. The lowest BCUT2D eigenvalue weighted by atomic mass is 10.4. The molecule has 0 aliphatic carbocycles. The van der Waals surface area contributed by atoms with E-state index < -0.39 is 5.01 Å². The molecule has 0 aromatic carbocycles. The Kier molecular flexibility index (Phi) is 6.31. The molecule has 0 aromatic rings. The summed E-state index contributed by atoms with van der Waals surface area (Å²) in [5, 5.41) is -0.413. The number of hydrogen-bond acceptors (Lipinski definition) is 2. The summed E-state index contributed by atoms with van der Waals surface area (Å²) in [4.78, 5) is 9.93. The maximum absolute atomic E-state index is 9.93. The van der Waals surface area contributed by atoms with E-state index in [2.05, 4.69) is 22.9 Å². The normalized spacial score (nSPS) is 13.1. The standard InChI is InChI=1S/C6H11BrO2/c1-2-3-4-9-6(7)5-8/h5-6H,2-4H2,1H3. The van der Waals surface area contributed by atoms with Crippen molar-refractivity contribution < 1.29 is 9.53 Å². The lowest BCUT2D eigenvalue weighted by Crippen LogP contribution is -2.06. The molecule has 0 aliphatic rings. The maximum Gasteiger partial charge on any atom is 0.167 e. The number of rotatable bonds is 5. The van der Waals surface area contributed by atoms with Gasteiger partial charge in [-0.25, -0.2) is 0 Å². The summed E-state index contributed by atoms with van der Waals surface area (Å²) in [7, 11) is 0. The van der Waals surface area contributed by atoms with Crippen LogP contribution in [0.3, 0.4) is 0 Å². The number of halogens is 1. The van der Waals surface area contributed by atoms with Gasteiger partial charge in [-0.05, 0) is 22.4 Å². The molecule has 0 amide bonds. The van der Waals surface area contributed by atoms with Crippen molar-refractivity contribution in [1.29, 1.82) is 0 Å². The van der Waals surface area contributed by atoms with Crippen LogP contribution < -0.4 is 0 Å². The summed E-state index contributed by atoms with van der Waals surface area (Å²) in [5.41, 5.74) is 0. The molecule has 2 nitrogen and oxygen atoms in total. The summed E-state index contributed by atoms with van der Waals surface area (Å²) < 4.78 is 4.98. The minimum absolute atomic E-state index is 0.413. The van der Waals surface area contributed by atoms with Crippen LogP contribution in [-0.2, 0) is 9.53 Å². The highest BCUT2D eigenvalue weighted by atomic mass is 79.9. The first-order chi connectivity index (χ1) is 4.31. The van der Waals surface area contributed by atoms with Gasteiger partial charge in [0.1, 0.15) is 0 Å². The Balaban J connectivity index is 2.96. The van der Waals surface area contributed by atoms with E-state index in [9.17, 15) is 4.79 Å². The molecule has 0 rings (SSSR count). The van der Waals surface area contributed by atoms with E-state index in [1.165, 1.54) is 0 Å². The monoisotopic (exact) mass is 194 g/mol. The molecule has 0 fully saturated rings. The first-order valence-corrected chi connectivity index (χ1v) is 3.93. The van der Waals surface area contributed by atoms with Gasteiger partial charge < -0.3 is 4.74 Å². The number of carbonyl (C=O) groups excluding carboxylic acids is 1. The van der Waals surface area contributed by atoms with Crippen LogP contribution in [0, 0.1) is 0 Å². The van der Waals surface area contributed by atoms with Crippen LogP contribution in [0.15, 0.2) is 0 Å². The smallest absolute Gasteiger partial charge is 0.167 e. The van der Waals surface area contributed by atoms with E-state index in [1.54, 1.807) is 0 Å². The Morgan fingerprint density at radius 2 is 2.44 bits per heavy atom. The molecule has 0 saturated heterocycles. The van der Waals surface area contributed by atoms with Crippen molar-refractivity contribution in [3.8, 4) is 0 Å². The molecule has 0 radical (unpaired) electrons. The Labute approximate surface area is 63.7 Å². The average Bonchev–Trinajstić information content (AvgIpc) is 1.89. The molecule has 1 unspecified atom stereocenters. The molecular formula is C6H11BrO2. The number of carbonyl (C=O) groups is 1. The summed E-state index contributed by atoms with van der Waals surface area (Å²) in [5.74, 6) is 0. The van der Waals surface area contributed by atoms with Crippen molar-refractivity contribution in [1.82, 2.24) is 0 Å². The Morgan fingerprint density at radius 1 is 1.78 bits per heavy atom. The van der Waals surface area contributed by atoms with E-state index in [4.69, 9.17) is 4.74 Å². The second-order valence-corrected chi connectivity index (χ2v) is 2.61. The van der Waals surface area contributed by atoms with Gasteiger partial charge in [-0.2, -0.15) is 0 Å². The predicted octanol–water partition coefficient (Wildman–Crippen LogP) is 1.72. The lowest BCUT2D eigenvalue weighted by Gasteiger charge is -2.01. The van der Waals surface area contributed by atoms with Gasteiger partial charge in [0.2, 0.25) is 0 Å². The molecule has 54 valence electrons. The molecular weight excluding hydrogens is 184 g/mol. The van der Waals surface area contributed by atoms with Gasteiger partial charge in [-0.15, -0.1) is 0 Å².